The fourth-order valence-corrected chi connectivity index (χ4v) is 2.60. The third-order valence-corrected chi connectivity index (χ3v) is 4.10. The van der Waals surface area contributed by atoms with E-state index >= 15 is 0 Å². The van der Waals surface area contributed by atoms with Crippen molar-refractivity contribution in [2.24, 2.45) is 15.3 Å². The summed E-state index contributed by atoms with van der Waals surface area (Å²) in [4.78, 5) is 12.6. The van der Waals surface area contributed by atoms with Crippen LogP contribution in [0, 0.1) is 0 Å². The Hall–Kier alpha value is -4.26. The summed E-state index contributed by atoms with van der Waals surface area (Å²) < 4.78 is 0. The molecule has 0 unspecified atom stereocenters. The molecule has 0 spiro atoms. The fourth-order valence-electron chi connectivity index (χ4n) is 2.60. The van der Waals surface area contributed by atoms with Gasteiger partial charge in [0.1, 0.15) is 5.69 Å². The van der Waals surface area contributed by atoms with Gasteiger partial charge in [0.05, 0.1) is 17.1 Å². The number of azo groups is 1. The van der Waals surface area contributed by atoms with Crippen molar-refractivity contribution in [2.45, 2.75) is 0 Å². The lowest BCUT2D eigenvalue weighted by molar-refractivity contribution is 1.11. The molecule has 7 heteroatoms. The maximum absolute atomic E-state index is 12.6. The molecule has 29 heavy (non-hydrogen) atoms. The minimum absolute atomic E-state index is 0.214. The van der Waals surface area contributed by atoms with Gasteiger partial charge in [-0.1, -0.05) is 54.6 Å². The van der Waals surface area contributed by atoms with E-state index < -0.39 is 0 Å². The summed E-state index contributed by atoms with van der Waals surface area (Å²) in [7, 11) is 0. The molecule has 0 aromatic heterocycles. The molecule has 142 valence electrons. The van der Waals surface area contributed by atoms with Crippen LogP contribution in [0.2, 0.25) is 0 Å². The number of nitrogens with zero attached hydrogens (tertiary/aromatic N) is 3. The highest BCUT2D eigenvalue weighted by Gasteiger charge is 2.19. The van der Waals surface area contributed by atoms with Gasteiger partial charge in [0.2, 0.25) is 5.43 Å². The van der Waals surface area contributed by atoms with Crippen molar-refractivity contribution < 1.29 is 0 Å². The molecule has 0 fully saturated rings. The highest BCUT2D eigenvalue weighted by atomic mass is 16.1. The van der Waals surface area contributed by atoms with Gasteiger partial charge in [-0.05, 0) is 36.4 Å². The van der Waals surface area contributed by atoms with E-state index in [0.29, 0.717) is 11.4 Å². The monoisotopic (exact) mass is 382 g/mol. The van der Waals surface area contributed by atoms with Gasteiger partial charge in [-0.2, -0.15) is 10.2 Å². The first-order chi connectivity index (χ1) is 14.3. The summed E-state index contributed by atoms with van der Waals surface area (Å²) >= 11 is 0. The topological polar surface area (TPSA) is 90.2 Å². The van der Waals surface area contributed by atoms with E-state index in [9.17, 15) is 4.79 Å². The average Bonchev–Trinajstić information content (AvgIpc) is 2.78. The molecule has 0 radical (unpaired) electrons. The maximum atomic E-state index is 12.6. The van der Waals surface area contributed by atoms with E-state index in [1.165, 1.54) is 0 Å². The second kappa shape index (κ2) is 8.62. The van der Waals surface area contributed by atoms with Crippen molar-refractivity contribution in [3.63, 3.8) is 0 Å². The largest absolute Gasteiger partial charge is 0.301 e. The first-order valence-corrected chi connectivity index (χ1v) is 9.03. The van der Waals surface area contributed by atoms with Gasteiger partial charge in [0.25, 0.3) is 0 Å². The van der Waals surface area contributed by atoms with E-state index in [2.05, 4.69) is 31.6 Å². The zero-order valence-corrected chi connectivity index (χ0v) is 15.4. The summed E-state index contributed by atoms with van der Waals surface area (Å²) in [6, 6.07) is 28.2. The Morgan fingerprint density at radius 3 is 1.86 bits per heavy atom. The Kier molecular flexibility index (Phi) is 5.39. The number of para-hydroxylation sites is 2. The molecule has 0 aliphatic rings. The molecule has 0 saturated carbocycles. The van der Waals surface area contributed by atoms with Crippen LogP contribution in [0.3, 0.4) is 0 Å². The van der Waals surface area contributed by atoms with Gasteiger partial charge >= 0.3 is 0 Å². The third kappa shape index (κ3) is 4.36. The standard InChI is InChI=1S/C22H18N6O/c29-22-20(27-24-17-12-6-2-7-13-17)19(26-23-16-10-4-1-5-11-16)21(22)28-25-18-14-8-3-9-15-18/h1-15,23-24,26H/b27-20+,28-25?. The minimum Gasteiger partial charge on any atom is -0.301 e. The molecule has 0 aliphatic carbocycles. The lowest BCUT2D eigenvalue weighted by Crippen LogP contribution is -2.37. The van der Waals surface area contributed by atoms with Crippen LogP contribution >= 0.6 is 0 Å². The predicted molar refractivity (Wildman–Crippen MR) is 115 cm³/mol. The number of rotatable bonds is 7. The number of hydrogen-bond acceptors (Lipinski definition) is 7. The Morgan fingerprint density at radius 1 is 0.621 bits per heavy atom. The van der Waals surface area contributed by atoms with Crippen molar-refractivity contribution in [1.29, 1.82) is 0 Å². The van der Waals surface area contributed by atoms with Crippen molar-refractivity contribution in [2.75, 3.05) is 16.3 Å². The first-order valence-electron chi connectivity index (χ1n) is 9.03. The molecule has 7 nitrogen and oxygen atoms in total. The molecule has 0 aliphatic heterocycles. The Labute approximate surface area is 167 Å². The number of hydrogen-bond donors (Lipinski definition) is 3. The normalized spacial score (nSPS) is 11.7. The number of anilines is 3. The van der Waals surface area contributed by atoms with Crippen molar-refractivity contribution >= 4 is 28.4 Å². The van der Waals surface area contributed by atoms with Crippen LogP contribution in [-0.2, 0) is 0 Å². The van der Waals surface area contributed by atoms with E-state index in [-0.39, 0.29) is 16.5 Å². The molecule has 0 bridgehead atoms. The molecule has 4 aromatic carbocycles. The molecule has 4 aromatic rings. The SMILES string of the molecule is O=c1c(N=Nc2ccccc2)c(NNc2ccccc2)/c1=N\Nc1ccccc1. The average molecular weight is 382 g/mol. The minimum atomic E-state index is -0.287. The van der Waals surface area contributed by atoms with Gasteiger partial charge in [-0.3, -0.25) is 15.6 Å². The van der Waals surface area contributed by atoms with Gasteiger partial charge in [-0.25, -0.2) is 0 Å². The summed E-state index contributed by atoms with van der Waals surface area (Å²) in [5.74, 6) is 0. The Balaban J connectivity index is 1.61. The van der Waals surface area contributed by atoms with Crippen LogP contribution < -0.4 is 27.1 Å². The van der Waals surface area contributed by atoms with E-state index in [1.807, 2.05) is 91.0 Å². The molecule has 0 saturated heterocycles. The fraction of sp³-hybridized carbons (Fsp3) is 0. The van der Waals surface area contributed by atoms with Crippen LogP contribution in [0.4, 0.5) is 28.4 Å². The van der Waals surface area contributed by atoms with E-state index in [0.717, 1.165) is 11.4 Å². The smallest absolute Gasteiger partial charge is 0.237 e. The van der Waals surface area contributed by atoms with Gasteiger partial charge in [0.15, 0.2) is 11.0 Å². The Bertz CT molecular complexity index is 1180. The number of hydrazine groups is 1. The molecular formula is C22H18N6O. The lowest BCUT2D eigenvalue weighted by Gasteiger charge is -2.14. The predicted octanol–water partition coefficient (Wildman–Crippen LogP) is 4.70. The highest BCUT2D eigenvalue weighted by molar-refractivity contribution is 5.72. The third-order valence-electron chi connectivity index (χ3n) is 4.10. The second-order valence-corrected chi connectivity index (χ2v) is 6.14. The summed E-state index contributed by atoms with van der Waals surface area (Å²) in [6.45, 7) is 0. The quantitative estimate of drug-likeness (QED) is 0.319. The van der Waals surface area contributed by atoms with Crippen molar-refractivity contribution in [1.82, 2.24) is 0 Å². The van der Waals surface area contributed by atoms with Crippen LogP contribution in [0.1, 0.15) is 0 Å². The second-order valence-electron chi connectivity index (χ2n) is 6.14. The van der Waals surface area contributed by atoms with E-state index in [1.54, 1.807) is 0 Å². The number of nitrogens with one attached hydrogen (secondary N) is 3. The Morgan fingerprint density at radius 2 is 1.21 bits per heavy atom. The van der Waals surface area contributed by atoms with Crippen LogP contribution in [0.5, 0.6) is 0 Å². The van der Waals surface area contributed by atoms with Gasteiger partial charge in [-0.15, -0.1) is 5.11 Å². The molecule has 0 atom stereocenters. The molecule has 0 heterocycles. The van der Waals surface area contributed by atoms with Gasteiger partial charge < -0.3 is 5.43 Å². The van der Waals surface area contributed by atoms with E-state index in [4.69, 9.17) is 0 Å². The molecule has 0 amide bonds. The van der Waals surface area contributed by atoms with Crippen LogP contribution in [0.25, 0.3) is 0 Å². The lowest BCUT2D eigenvalue weighted by atomic mass is 10.2. The zero-order valence-electron chi connectivity index (χ0n) is 15.4. The molecular weight excluding hydrogens is 364 g/mol. The first kappa shape index (κ1) is 18.1. The number of benzene rings is 3. The van der Waals surface area contributed by atoms with Crippen LogP contribution in [-0.4, -0.2) is 0 Å². The molecule has 3 N–H and O–H groups in total. The van der Waals surface area contributed by atoms with Gasteiger partial charge in [0, 0.05) is 0 Å². The summed E-state index contributed by atoms with van der Waals surface area (Å²) in [5.41, 5.74) is 11.7. The van der Waals surface area contributed by atoms with Crippen LogP contribution in [0.15, 0.2) is 111 Å². The van der Waals surface area contributed by atoms with Crippen molar-refractivity contribution in [3.8, 4) is 0 Å². The zero-order chi connectivity index (χ0) is 19.9. The summed E-state index contributed by atoms with van der Waals surface area (Å²) in [6.07, 6.45) is 0. The van der Waals surface area contributed by atoms with Crippen molar-refractivity contribution in [3.05, 3.63) is 107 Å². The molecule has 4 rings (SSSR count). The summed E-state index contributed by atoms with van der Waals surface area (Å²) in [5, 5.41) is 12.7. The highest BCUT2D eigenvalue weighted by Crippen LogP contribution is 2.22. The maximum Gasteiger partial charge on any atom is 0.237 e.